The number of rotatable bonds is 5. The number of nitrogens with zero attached hydrogens (tertiary/aromatic N) is 1. The minimum absolute atomic E-state index is 0.130. The van der Waals surface area contributed by atoms with E-state index in [-0.39, 0.29) is 16.5 Å². The summed E-state index contributed by atoms with van der Waals surface area (Å²) >= 11 is 8.76. The summed E-state index contributed by atoms with van der Waals surface area (Å²) in [4.78, 5) is 15.0. The van der Waals surface area contributed by atoms with Crippen LogP contribution in [0.2, 0.25) is 0 Å². The van der Waals surface area contributed by atoms with Crippen LogP contribution in [-0.4, -0.2) is 21.5 Å². The first-order valence-corrected chi connectivity index (χ1v) is 5.34. The van der Waals surface area contributed by atoms with E-state index in [9.17, 15) is 4.79 Å². The Balaban J connectivity index is 2.48. The molecule has 1 aromatic heterocycles. The largest absolute Gasteiger partial charge is 0.442 e. The van der Waals surface area contributed by atoms with Gasteiger partial charge in [0.25, 0.3) is 5.89 Å². The lowest BCUT2D eigenvalue weighted by Gasteiger charge is -2.03. The lowest BCUT2D eigenvalue weighted by Crippen LogP contribution is -2.14. The van der Waals surface area contributed by atoms with Gasteiger partial charge in [0.05, 0.1) is 11.0 Å². The molecule has 0 spiro atoms. The van der Waals surface area contributed by atoms with Crippen LogP contribution in [-0.2, 0) is 0 Å². The third-order valence-corrected chi connectivity index (χ3v) is 2.66. The maximum atomic E-state index is 11.5. The molecule has 0 bridgehead atoms. The van der Waals surface area contributed by atoms with E-state index in [4.69, 9.17) is 16.0 Å². The van der Waals surface area contributed by atoms with E-state index in [2.05, 4.69) is 20.9 Å². The molecule has 1 atom stereocenters. The van der Waals surface area contributed by atoms with Crippen LogP contribution < -0.4 is 0 Å². The predicted molar refractivity (Wildman–Crippen MR) is 53.5 cm³/mol. The van der Waals surface area contributed by atoms with Crippen LogP contribution in [0.25, 0.3) is 0 Å². The molecule has 0 N–H and O–H groups in total. The molecule has 13 heavy (non-hydrogen) atoms. The maximum absolute atomic E-state index is 11.5. The van der Waals surface area contributed by atoms with Crippen molar-refractivity contribution in [3.8, 4) is 0 Å². The summed E-state index contributed by atoms with van der Waals surface area (Å²) in [5.41, 5.74) is 0. The van der Waals surface area contributed by atoms with Crippen molar-refractivity contribution in [1.29, 1.82) is 0 Å². The molecule has 1 aromatic rings. The fraction of sp³-hybridized carbons (Fsp3) is 0.500. The summed E-state index contributed by atoms with van der Waals surface area (Å²) in [6.45, 7) is 0. The Labute approximate surface area is 89.6 Å². The van der Waals surface area contributed by atoms with Gasteiger partial charge >= 0.3 is 0 Å². The number of hydrogen-bond donors (Lipinski definition) is 0. The zero-order valence-electron chi connectivity index (χ0n) is 6.87. The standard InChI is InChI=1S/C8H9BrClNO2/c9-6(2-1-3-10)7(12)8-11-4-5-13-8/h4-6H,1-3H2. The van der Waals surface area contributed by atoms with Crippen molar-refractivity contribution >= 4 is 33.3 Å². The third-order valence-electron chi connectivity index (χ3n) is 1.52. The van der Waals surface area contributed by atoms with E-state index >= 15 is 0 Å². The highest BCUT2D eigenvalue weighted by Crippen LogP contribution is 2.14. The predicted octanol–water partition coefficient (Wildman–Crippen LogP) is 2.64. The number of hydrogen-bond acceptors (Lipinski definition) is 3. The van der Waals surface area contributed by atoms with Crippen LogP contribution in [0, 0.1) is 0 Å². The molecule has 3 nitrogen and oxygen atoms in total. The molecule has 0 saturated carbocycles. The fourth-order valence-electron chi connectivity index (χ4n) is 0.867. The normalized spacial score (nSPS) is 12.8. The first-order valence-electron chi connectivity index (χ1n) is 3.89. The number of carbonyl (C=O) groups is 1. The summed E-state index contributed by atoms with van der Waals surface area (Å²) in [5, 5.41) is 0. The minimum atomic E-state index is -0.245. The van der Waals surface area contributed by atoms with Gasteiger partial charge in [-0.2, -0.15) is 0 Å². The first kappa shape index (κ1) is 10.7. The lowest BCUT2D eigenvalue weighted by molar-refractivity contribution is 0.0955. The Hall–Kier alpha value is -0.350. The van der Waals surface area contributed by atoms with Crippen LogP contribution in [0.15, 0.2) is 16.9 Å². The topological polar surface area (TPSA) is 43.1 Å². The number of oxazole rings is 1. The summed E-state index contributed by atoms with van der Waals surface area (Å²) in [7, 11) is 0. The van der Waals surface area contributed by atoms with E-state index in [1.54, 1.807) is 0 Å². The number of carbonyl (C=O) groups excluding carboxylic acids is 1. The average Bonchev–Trinajstić information content (AvgIpc) is 2.65. The molecule has 0 aliphatic carbocycles. The highest BCUT2D eigenvalue weighted by molar-refractivity contribution is 9.10. The third kappa shape index (κ3) is 3.12. The second-order valence-corrected chi connectivity index (χ2v) is 3.98. The SMILES string of the molecule is O=C(c1ncco1)C(Br)CCCCl. The Morgan fingerprint density at radius 3 is 3.08 bits per heavy atom. The van der Waals surface area contributed by atoms with Gasteiger partial charge in [-0.3, -0.25) is 4.79 Å². The van der Waals surface area contributed by atoms with Gasteiger partial charge in [0.2, 0.25) is 5.78 Å². The van der Waals surface area contributed by atoms with Crippen LogP contribution in [0.5, 0.6) is 0 Å². The molecule has 0 aliphatic heterocycles. The van der Waals surface area contributed by atoms with E-state index in [1.807, 2.05) is 0 Å². The van der Waals surface area contributed by atoms with Crippen LogP contribution in [0.4, 0.5) is 0 Å². The summed E-state index contributed by atoms with van der Waals surface area (Å²) in [5.74, 6) is 0.576. The summed E-state index contributed by atoms with van der Waals surface area (Å²) < 4.78 is 4.87. The molecular weight excluding hydrogens is 257 g/mol. The second-order valence-electron chi connectivity index (χ2n) is 2.50. The smallest absolute Gasteiger partial charge is 0.264 e. The highest BCUT2D eigenvalue weighted by atomic mass is 79.9. The molecule has 0 aromatic carbocycles. The van der Waals surface area contributed by atoms with Crippen molar-refractivity contribution in [3.63, 3.8) is 0 Å². The Morgan fingerprint density at radius 1 is 1.77 bits per heavy atom. The number of alkyl halides is 2. The number of Topliss-reactive ketones (excluding diaryl/α,β-unsaturated/α-hetero) is 1. The van der Waals surface area contributed by atoms with Crippen molar-refractivity contribution < 1.29 is 9.21 Å². The molecule has 72 valence electrons. The molecule has 0 radical (unpaired) electrons. The molecule has 1 rings (SSSR count). The monoisotopic (exact) mass is 265 g/mol. The van der Waals surface area contributed by atoms with E-state index < -0.39 is 0 Å². The van der Waals surface area contributed by atoms with Crippen molar-refractivity contribution in [2.24, 2.45) is 0 Å². The molecule has 0 fully saturated rings. The zero-order chi connectivity index (χ0) is 9.68. The van der Waals surface area contributed by atoms with Crippen molar-refractivity contribution in [1.82, 2.24) is 4.98 Å². The van der Waals surface area contributed by atoms with E-state index in [1.165, 1.54) is 12.5 Å². The van der Waals surface area contributed by atoms with Crippen molar-refractivity contribution in [2.75, 3.05) is 5.88 Å². The second kappa shape index (κ2) is 5.40. The molecular formula is C8H9BrClNO2. The number of halogens is 2. The maximum Gasteiger partial charge on any atom is 0.264 e. The first-order chi connectivity index (χ1) is 6.25. The van der Waals surface area contributed by atoms with Crippen molar-refractivity contribution in [3.05, 3.63) is 18.4 Å². The van der Waals surface area contributed by atoms with Crippen LogP contribution in [0.1, 0.15) is 23.5 Å². The van der Waals surface area contributed by atoms with Gasteiger partial charge in [0.15, 0.2) is 0 Å². The van der Waals surface area contributed by atoms with Gasteiger partial charge in [0, 0.05) is 5.88 Å². The molecule has 0 saturated heterocycles. The number of ketones is 1. The Kier molecular flexibility index (Phi) is 4.45. The van der Waals surface area contributed by atoms with Gasteiger partial charge < -0.3 is 4.42 Å². The molecule has 0 amide bonds. The average molecular weight is 267 g/mol. The molecule has 1 unspecified atom stereocenters. The zero-order valence-corrected chi connectivity index (χ0v) is 9.21. The molecule has 5 heteroatoms. The Morgan fingerprint density at radius 2 is 2.54 bits per heavy atom. The van der Waals surface area contributed by atoms with E-state index in [0.717, 1.165) is 6.42 Å². The fourth-order valence-corrected chi connectivity index (χ4v) is 1.54. The van der Waals surface area contributed by atoms with Gasteiger partial charge in [-0.15, -0.1) is 11.6 Å². The van der Waals surface area contributed by atoms with Crippen molar-refractivity contribution in [2.45, 2.75) is 17.7 Å². The lowest BCUT2D eigenvalue weighted by atomic mass is 10.2. The minimum Gasteiger partial charge on any atom is -0.442 e. The van der Waals surface area contributed by atoms with Gasteiger partial charge in [-0.25, -0.2) is 4.98 Å². The van der Waals surface area contributed by atoms with Gasteiger partial charge in [-0.05, 0) is 12.8 Å². The highest BCUT2D eigenvalue weighted by Gasteiger charge is 2.19. The Bertz CT molecular complexity index is 263. The molecule has 0 aliphatic rings. The van der Waals surface area contributed by atoms with Gasteiger partial charge in [-0.1, -0.05) is 15.9 Å². The van der Waals surface area contributed by atoms with E-state index in [0.29, 0.717) is 12.3 Å². The summed E-state index contributed by atoms with van der Waals surface area (Å²) in [6.07, 6.45) is 4.33. The molecule has 1 heterocycles. The quantitative estimate of drug-likeness (QED) is 0.608. The van der Waals surface area contributed by atoms with Crippen LogP contribution >= 0.6 is 27.5 Å². The van der Waals surface area contributed by atoms with Crippen LogP contribution in [0.3, 0.4) is 0 Å². The summed E-state index contributed by atoms with van der Waals surface area (Å²) in [6, 6.07) is 0. The van der Waals surface area contributed by atoms with Gasteiger partial charge in [0.1, 0.15) is 6.26 Å². The number of aromatic nitrogens is 1.